The minimum Gasteiger partial charge on any atom is -0.497 e. The van der Waals surface area contributed by atoms with E-state index >= 15 is 0 Å². The Hall–Kier alpha value is -2.09. The van der Waals surface area contributed by atoms with E-state index in [1.165, 1.54) is 13.2 Å². The number of halogens is 1. The Kier molecular flexibility index (Phi) is 6.05. The van der Waals surface area contributed by atoms with Crippen LogP contribution in [0.5, 0.6) is 5.75 Å². The Labute approximate surface area is 152 Å². The molecule has 2 atom stereocenters. The maximum atomic E-state index is 11.3. The predicted octanol–water partition coefficient (Wildman–Crippen LogP) is 3.06. The first kappa shape index (κ1) is 19.2. The second-order valence-corrected chi connectivity index (χ2v) is 6.24. The number of furan rings is 1. The third kappa shape index (κ3) is 4.12. The molecule has 0 saturated carbocycles. The largest absolute Gasteiger partial charge is 0.497 e. The van der Waals surface area contributed by atoms with Gasteiger partial charge in [0.05, 0.1) is 30.2 Å². The van der Waals surface area contributed by atoms with Gasteiger partial charge in [-0.15, -0.1) is 12.4 Å². The molecule has 1 aromatic heterocycles. The van der Waals surface area contributed by atoms with Crippen molar-refractivity contribution in [3.63, 3.8) is 0 Å². The van der Waals surface area contributed by atoms with E-state index in [1.54, 1.807) is 18.2 Å². The van der Waals surface area contributed by atoms with Crippen LogP contribution < -0.4 is 10.5 Å². The molecule has 0 amide bonds. The van der Waals surface area contributed by atoms with Crippen LogP contribution in [0.1, 0.15) is 12.7 Å². The quantitative estimate of drug-likeness (QED) is 0.644. The number of benzene rings is 1. The topological polar surface area (TPSA) is 94.8 Å². The van der Waals surface area contributed by atoms with Crippen LogP contribution in [0.25, 0.3) is 11.3 Å². The highest BCUT2D eigenvalue weighted by atomic mass is 35.5. The number of nitro groups is 1. The lowest BCUT2D eigenvalue weighted by molar-refractivity contribution is -0.384. The summed E-state index contributed by atoms with van der Waals surface area (Å²) in [5, 5.41) is 11.3. The summed E-state index contributed by atoms with van der Waals surface area (Å²) in [4.78, 5) is 13.1. The number of rotatable bonds is 5. The Morgan fingerprint density at radius 2 is 2.12 bits per heavy atom. The van der Waals surface area contributed by atoms with Crippen LogP contribution in [0.3, 0.4) is 0 Å². The number of hydrogen-bond donors (Lipinski definition) is 1. The van der Waals surface area contributed by atoms with Crippen molar-refractivity contribution in [2.24, 2.45) is 11.7 Å². The van der Waals surface area contributed by atoms with Crippen molar-refractivity contribution < 1.29 is 14.1 Å². The summed E-state index contributed by atoms with van der Waals surface area (Å²) in [6, 6.07) is 8.54. The van der Waals surface area contributed by atoms with Crippen molar-refractivity contribution in [2.45, 2.75) is 19.5 Å². The van der Waals surface area contributed by atoms with Crippen LogP contribution in [-0.4, -0.2) is 36.1 Å². The van der Waals surface area contributed by atoms with E-state index in [-0.39, 0.29) is 24.1 Å². The van der Waals surface area contributed by atoms with Crippen molar-refractivity contribution in [3.05, 3.63) is 46.2 Å². The first-order chi connectivity index (χ1) is 11.5. The zero-order valence-electron chi connectivity index (χ0n) is 14.2. The Balaban J connectivity index is 0.00000225. The number of nitrogens with zero attached hydrogens (tertiary/aromatic N) is 2. The molecule has 2 N–H and O–H groups in total. The number of nitrogens with two attached hydrogens (primary N) is 1. The van der Waals surface area contributed by atoms with Crippen LogP contribution in [0.4, 0.5) is 5.69 Å². The lowest BCUT2D eigenvalue weighted by atomic mass is 10.1. The fraction of sp³-hybridized carbons (Fsp3) is 0.412. The Morgan fingerprint density at radius 3 is 2.72 bits per heavy atom. The molecule has 2 unspecified atom stereocenters. The van der Waals surface area contributed by atoms with Gasteiger partial charge >= 0.3 is 0 Å². The van der Waals surface area contributed by atoms with Gasteiger partial charge in [-0.2, -0.15) is 0 Å². The zero-order chi connectivity index (χ0) is 17.3. The van der Waals surface area contributed by atoms with Gasteiger partial charge in [0, 0.05) is 19.1 Å². The van der Waals surface area contributed by atoms with Crippen LogP contribution >= 0.6 is 12.4 Å². The van der Waals surface area contributed by atoms with E-state index in [0.717, 1.165) is 18.8 Å². The van der Waals surface area contributed by atoms with Crippen LogP contribution in [0.2, 0.25) is 0 Å². The molecular formula is C17H22ClN3O4. The van der Waals surface area contributed by atoms with Gasteiger partial charge in [0.2, 0.25) is 0 Å². The summed E-state index contributed by atoms with van der Waals surface area (Å²) in [5.74, 6) is 2.16. The smallest absolute Gasteiger partial charge is 0.284 e. The molecule has 1 saturated heterocycles. The molecule has 8 heteroatoms. The third-order valence-corrected chi connectivity index (χ3v) is 4.45. The van der Waals surface area contributed by atoms with Gasteiger partial charge in [-0.1, -0.05) is 6.92 Å². The summed E-state index contributed by atoms with van der Waals surface area (Å²) >= 11 is 0. The van der Waals surface area contributed by atoms with Gasteiger partial charge in [0.1, 0.15) is 17.3 Å². The first-order valence-corrected chi connectivity index (χ1v) is 7.87. The molecule has 0 bridgehead atoms. The molecule has 25 heavy (non-hydrogen) atoms. The van der Waals surface area contributed by atoms with E-state index in [0.29, 0.717) is 29.5 Å². The molecule has 0 radical (unpaired) electrons. The van der Waals surface area contributed by atoms with E-state index in [1.807, 2.05) is 6.07 Å². The number of likely N-dealkylation sites (tertiary alicyclic amines) is 1. The number of methoxy groups -OCH3 is 1. The number of hydrogen-bond acceptors (Lipinski definition) is 6. The average Bonchev–Trinajstić information content (AvgIpc) is 3.14. The average molecular weight is 368 g/mol. The molecule has 1 aromatic carbocycles. The van der Waals surface area contributed by atoms with Crippen molar-refractivity contribution >= 4 is 18.1 Å². The summed E-state index contributed by atoms with van der Waals surface area (Å²) in [6.07, 6.45) is 0. The normalized spacial score (nSPS) is 20.3. The molecule has 136 valence electrons. The van der Waals surface area contributed by atoms with Crippen LogP contribution in [0.15, 0.2) is 34.7 Å². The maximum absolute atomic E-state index is 11.3. The van der Waals surface area contributed by atoms with Crippen molar-refractivity contribution in [3.8, 4) is 17.1 Å². The minimum absolute atomic E-state index is 0. The second kappa shape index (κ2) is 7.86. The van der Waals surface area contributed by atoms with Gasteiger partial charge in [0.15, 0.2) is 0 Å². The van der Waals surface area contributed by atoms with Crippen LogP contribution in [0, 0.1) is 16.0 Å². The number of nitro benzene ring substituents is 1. The molecule has 7 nitrogen and oxygen atoms in total. The van der Waals surface area contributed by atoms with E-state index < -0.39 is 4.92 Å². The van der Waals surface area contributed by atoms with Gasteiger partial charge in [0.25, 0.3) is 5.69 Å². The molecule has 2 heterocycles. The molecule has 0 spiro atoms. The third-order valence-electron chi connectivity index (χ3n) is 4.45. The van der Waals surface area contributed by atoms with E-state index in [2.05, 4.69) is 11.8 Å². The Morgan fingerprint density at radius 1 is 1.36 bits per heavy atom. The fourth-order valence-electron chi connectivity index (χ4n) is 3.05. The van der Waals surface area contributed by atoms with E-state index in [4.69, 9.17) is 14.9 Å². The lowest BCUT2D eigenvalue weighted by Gasteiger charge is -2.12. The van der Waals surface area contributed by atoms with Crippen LogP contribution in [-0.2, 0) is 6.54 Å². The monoisotopic (exact) mass is 367 g/mol. The van der Waals surface area contributed by atoms with E-state index in [9.17, 15) is 10.1 Å². The molecule has 2 aromatic rings. The van der Waals surface area contributed by atoms with Gasteiger partial charge < -0.3 is 14.9 Å². The minimum atomic E-state index is -0.429. The van der Waals surface area contributed by atoms with Crippen molar-refractivity contribution in [1.82, 2.24) is 4.90 Å². The van der Waals surface area contributed by atoms with Crippen molar-refractivity contribution in [1.29, 1.82) is 0 Å². The highest BCUT2D eigenvalue weighted by Crippen LogP contribution is 2.34. The standard InChI is InChI=1S/C17H21N3O4.ClH/c1-11-8-19(10-15(11)18)9-13-4-6-17(24-13)14-5-3-12(23-2)7-16(14)20(21)22;/h3-7,11,15H,8-10,18H2,1-2H3;1H. The molecule has 1 aliphatic rings. The summed E-state index contributed by atoms with van der Waals surface area (Å²) in [5.41, 5.74) is 6.45. The van der Waals surface area contributed by atoms with Gasteiger partial charge in [-0.25, -0.2) is 0 Å². The number of ether oxygens (including phenoxy) is 1. The SMILES string of the molecule is COc1ccc(-c2ccc(CN3CC(C)C(N)C3)o2)c([N+](=O)[O-])c1.Cl. The van der Waals surface area contributed by atoms with Gasteiger partial charge in [-0.05, 0) is 30.2 Å². The molecule has 1 fully saturated rings. The fourth-order valence-corrected chi connectivity index (χ4v) is 3.05. The lowest BCUT2D eigenvalue weighted by Crippen LogP contribution is -2.28. The second-order valence-electron chi connectivity index (χ2n) is 6.24. The summed E-state index contributed by atoms with van der Waals surface area (Å²) in [6.45, 7) is 4.56. The zero-order valence-corrected chi connectivity index (χ0v) is 15.0. The highest BCUT2D eigenvalue weighted by molar-refractivity contribution is 5.85. The predicted molar refractivity (Wildman–Crippen MR) is 97.0 cm³/mol. The summed E-state index contributed by atoms with van der Waals surface area (Å²) in [7, 11) is 1.48. The Bertz CT molecular complexity index is 739. The molecule has 1 aliphatic heterocycles. The summed E-state index contributed by atoms with van der Waals surface area (Å²) < 4.78 is 10.9. The molecular weight excluding hydrogens is 346 g/mol. The van der Waals surface area contributed by atoms with Crippen molar-refractivity contribution in [2.75, 3.05) is 20.2 Å². The highest BCUT2D eigenvalue weighted by Gasteiger charge is 2.27. The first-order valence-electron chi connectivity index (χ1n) is 7.87. The molecule has 0 aliphatic carbocycles. The maximum Gasteiger partial charge on any atom is 0.284 e. The molecule has 3 rings (SSSR count). The van der Waals surface area contributed by atoms with Gasteiger partial charge in [-0.3, -0.25) is 15.0 Å².